The summed E-state index contributed by atoms with van der Waals surface area (Å²) < 4.78 is 5.94. The van der Waals surface area contributed by atoms with Crippen LogP contribution in [-0.2, 0) is 17.8 Å². The lowest BCUT2D eigenvalue weighted by Crippen LogP contribution is -2.45. The first-order valence-corrected chi connectivity index (χ1v) is 10.3. The number of carbonyl (C=O) groups is 2. The molecule has 0 aliphatic rings. The van der Waals surface area contributed by atoms with Gasteiger partial charge in [-0.2, -0.15) is 0 Å². The first-order valence-electron chi connectivity index (χ1n) is 10.3. The number of nitrogens with two attached hydrogens (primary N) is 1. The number of carbonyl (C=O) groups excluding carboxylic acids is 2. The predicted molar refractivity (Wildman–Crippen MR) is 123 cm³/mol. The van der Waals surface area contributed by atoms with E-state index in [-0.39, 0.29) is 5.91 Å². The SMILES string of the molecule is NC(=O)C(Cc1ccccc1)NC(=O)c1ccc(COc2cccc3cccnc23)cc1. The Labute approximate surface area is 186 Å². The summed E-state index contributed by atoms with van der Waals surface area (Å²) in [4.78, 5) is 28.8. The predicted octanol–water partition coefficient (Wildman–Crippen LogP) is 3.64. The van der Waals surface area contributed by atoms with Gasteiger partial charge in [-0.1, -0.05) is 60.7 Å². The summed E-state index contributed by atoms with van der Waals surface area (Å²) in [7, 11) is 0. The molecule has 32 heavy (non-hydrogen) atoms. The smallest absolute Gasteiger partial charge is 0.251 e. The van der Waals surface area contributed by atoms with E-state index in [1.165, 1.54) is 0 Å². The molecule has 0 radical (unpaired) electrons. The summed E-state index contributed by atoms with van der Waals surface area (Å²) in [5.74, 6) is -0.221. The Kier molecular flexibility index (Phi) is 6.41. The zero-order valence-electron chi connectivity index (χ0n) is 17.4. The maximum atomic E-state index is 12.6. The molecule has 1 atom stereocenters. The van der Waals surface area contributed by atoms with Crippen molar-refractivity contribution in [3.8, 4) is 5.75 Å². The minimum Gasteiger partial charge on any atom is -0.487 e. The molecule has 0 saturated heterocycles. The lowest BCUT2D eigenvalue weighted by atomic mass is 10.0. The van der Waals surface area contributed by atoms with Crippen molar-refractivity contribution < 1.29 is 14.3 Å². The molecule has 3 aromatic carbocycles. The van der Waals surface area contributed by atoms with Crippen molar-refractivity contribution >= 4 is 22.7 Å². The van der Waals surface area contributed by atoms with E-state index < -0.39 is 11.9 Å². The summed E-state index contributed by atoms with van der Waals surface area (Å²) >= 11 is 0. The fraction of sp³-hybridized carbons (Fsp3) is 0.115. The molecule has 1 unspecified atom stereocenters. The Bertz CT molecular complexity index is 1220. The molecular formula is C26H23N3O3. The highest BCUT2D eigenvalue weighted by Crippen LogP contribution is 2.23. The molecule has 0 bridgehead atoms. The third kappa shape index (κ3) is 5.10. The summed E-state index contributed by atoms with van der Waals surface area (Å²) in [6, 6.07) is 25.4. The van der Waals surface area contributed by atoms with Crippen LogP contribution in [0, 0.1) is 0 Å². The molecule has 0 fully saturated rings. The molecule has 1 aromatic heterocycles. The zero-order chi connectivity index (χ0) is 22.3. The number of benzene rings is 3. The van der Waals surface area contributed by atoms with Crippen LogP contribution in [0.5, 0.6) is 5.75 Å². The van der Waals surface area contributed by atoms with E-state index >= 15 is 0 Å². The van der Waals surface area contributed by atoms with E-state index in [2.05, 4.69) is 10.3 Å². The Morgan fingerprint density at radius 3 is 2.38 bits per heavy atom. The lowest BCUT2D eigenvalue weighted by Gasteiger charge is -2.16. The van der Waals surface area contributed by atoms with E-state index in [1.807, 2.05) is 72.8 Å². The fourth-order valence-corrected chi connectivity index (χ4v) is 3.42. The van der Waals surface area contributed by atoms with Gasteiger partial charge in [-0.05, 0) is 35.4 Å². The second-order valence-corrected chi connectivity index (χ2v) is 7.44. The highest BCUT2D eigenvalue weighted by Gasteiger charge is 2.19. The first-order chi connectivity index (χ1) is 15.6. The number of ether oxygens (including phenoxy) is 1. The Morgan fingerprint density at radius 2 is 1.62 bits per heavy atom. The number of hydrogen-bond acceptors (Lipinski definition) is 4. The molecule has 2 amide bonds. The second-order valence-electron chi connectivity index (χ2n) is 7.44. The van der Waals surface area contributed by atoms with Crippen molar-refractivity contribution in [2.24, 2.45) is 5.73 Å². The van der Waals surface area contributed by atoms with Gasteiger partial charge in [0.15, 0.2) is 0 Å². The number of amides is 2. The van der Waals surface area contributed by atoms with Crippen molar-refractivity contribution in [3.63, 3.8) is 0 Å². The highest BCUT2D eigenvalue weighted by atomic mass is 16.5. The molecule has 160 valence electrons. The van der Waals surface area contributed by atoms with E-state index in [9.17, 15) is 9.59 Å². The molecule has 0 aliphatic heterocycles. The summed E-state index contributed by atoms with van der Waals surface area (Å²) in [6.07, 6.45) is 2.08. The van der Waals surface area contributed by atoms with Crippen LogP contribution in [0.3, 0.4) is 0 Å². The Balaban J connectivity index is 1.39. The van der Waals surface area contributed by atoms with Gasteiger partial charge in [-0.15, -0.1) is 0 Å². The van der Waals surface area contributed by atoms with Crippen molar-refractivity contribution in [1.82, 2.24) is 10.3 Å². The van der Waals surface area contributed by atoms with Gasteiger partial charge >= 0.3 is 0 Å². The van der Waals surface area contributed by atoms with Gasteiger partial charge in [0.2, 0.25) is 5.91 Å². The van der Waals surface area contributed by atoms with Gasteiger partial charge in [-0.3, -0.25) is 14.6 Å². The van der Waals surface area contributed by atoms with Gasteiger partial charge in [0, 0.05) is 23.6 Å². The summed E-state index contributed by atoms with van der Waals surface area (Å²) in [5.41, 5.74) is 8.58. The van der Waals surface area contributed by atoms with Crippen molar-refractivity contribution in [2.45, 2.75) is 19.1 Å². The molecule has 6 heteroatoms. The first kappa shape index (κ1) is 21.1. The lowest BCUT2D eigenvalue weighted by molar-refractivity contribution is -0.119. The van der Waals surface area contributed by atoms with Crippen LogP contribution in [0.15, 0.2) is 91.1 Å². The maximum Gasteiger partial charge on any atom is 0.251 e. The Hall–Kier alpha value is -4.19. The number of aromatic nitrogens is 1. The van der Waals surface area contributed by atoms with Crippen LogP contribution in [0.25, 0.3) is 10.9 Å². The highest BCUT2D eigenvalue weighted by molar-refractivity contribution is 5.97. The van der Waals surface area contributed by atoms with Crippen LogP contribution in [0.4, 0.5) is 0 Å². The van der Waals surface area contributed by atoms with Crippen LogP contribution >= 0.6 is 0 Å². The summed E-state index contributed by atoms with van der Waals surface area (Å²) in [5, 5.41) is 3.74. The van der Waals surface area contributed by atoms with Crippen LogP contribution < -0.4 is 15.8 Å². The Morgan fingerprint density at radius 1 is 0.875 bits per heavy atom. The molecule has 4 rings (SSSR count). The van der Waals surface area contributed by atoms with Gasteiger partial charge in [-0.25, -0.2) is 0 Å². The van der Waals surface area contributed by atoms with E-state index in [4.69, 9.17) is 10.5 Å². The zero-order valence-corrected chi connectivity index (χ0v) is 17.4. The number of primary amides is 1. The largest absolute Gasteiger partial charge is 0.487 e. The number of pyridine rings is 1. The molecular weight excluding hydrogens is 402 g/mol. The minimum absolute atomic E-state index is 0.340. The van der Waals surface area contributed by atoms with Crippen molar-refractivity contribution in [2.75, 3.05) is 0 Å². The van der Waals surface area contributed by atoms with Crippen molar-refractivity contribution in [1.29, 1.82) is 0 Å². The average Bonchev–Trinajstić information content (AvgIpc) is 2.83. The number of nitrogens with zero attached hydrogens (tertiary/aromatic N) is 1. The number of fused-ring (bicyclic) bond motifs is 1. The quantitative estimate of drug-likeness (QED) is 0.451. The van der Waals surface area contributed by atoms with Gasteiger partial charge in [0.05, 0.1) is 0 Å². The van der Waals surface area contributed by atoms with Crippen LogP contribution in [0.1, 0.15) is 21.5 Å². The van der Waals surface area contributed by atoms with E-state index in [0.717, 1.165) is 22.0 Å². The number of nitrogens with one attached hydrogen (secondary N) is 1. The maximum absolute atomic E-state index is 12.6. The monoisotopic (exact) mass is 425 g/mol. The van der Waals surface area contributed by atoms with E-state index in [1.54, 1.807) is 18.3 Å². The minimum atomic E-state index is -0.785. The number of hydrogen-bond donors (Lipinski definition) is 2. The molecule has 6 nitrogen and oxygen atoms in total. The normalized spacial score (nSPS) is 11.6. The van der Waals surface area contributed by atoms with Gasteiger partial charge < -0.3 is 15.8 Å². The fourth-order valence-electron chi connectivity index (χ4n) is 3.42. The van der Waals surface area contributed by atoms with Crippen LogP contribution in [-0.4, -0.2) is 22.8 Å². The number of rotatable bonds is 8. The second kappa shape index (κ2) is 9.75. The third-order valence-corrected chi connectivity index (χ3v) is 5.14. The van der Waals surface area contributed by atoms with Gasteiger partial charge in [0.1, 0.15) is 23.9 Å². The van der Waals surface area contributed by atoms with Gasteiger partial charge in [0.25, 0.3) is 5.91 Å². The molecule has 4 aromatic rings. The van der Waals surface area contributed by atoms with Crippen molar-refractivity contribution in [3.05, 3.63) is 108 Å². The molecule has 0 aliphatic carbocycles. The number of para-hydroxylation sites is 1. The molecule has 0 spiro atoms. The molecule has 1 heterocycles. The molecule has 0 saturated carbocycles. The average molecular weight is 425 g/mol. The standard InChI is InChI=1S/C26H23N3O3/c27-25(30)22(16-18-6-2-1-3-7-18)29-26(31)21-13-11-19(12-14-21)17-32-23-10-4-8-20-9-5-15-28-24(20)23/h1-15,22H,16-17H2,(H2,27,30)(H,29,31). The molecule has 3 N–H and O–H groups in total. The summed E-state index contributed by atoms with van der Waals surface area (Å²) in [6.45, 7) is 0.343. The topological polar surface area (TPSA) is 94.3 Å². The van der Waals surface area contributed by atoms with Crippen LogP contribution in [0.2, 0.25) is 0 Å². The van der Waals surface area contributed by atoms with E-state index in [0.29, 0.717) is 24.3 Å². The third-order valence-electron chi connectivity index (χ3n) is 5.14.